The minimum Gasteiger partial charge on any atom is -0.361 e. The van der Waals surface area contributed by atoms with Crippen LogP contribution in [0.4, 0.5) is 5.69 Å². The number of amides is 2. The predicted octanol–water partition coefficient (Wildman–Crippen LogP) is 3.39. The molecular formula is C19H25N3O3. The second kappa shape index (κ2) is 8.46. The molecule has 0 radical (unpaired) electrons. The Bertz CT molecular complexity index is 715. The highest BCUT2D eigenvalue weighted by Crippen LogP contribution is 2.15. The number of aryl methyl sites for hydroxylation is 2. The molecule has 0 aliphatic heterocycles. The molecule has 0 bridgehead atoms. The van der Waals surface area contributed by atoms with Crippen molar-refractivity contribution in [3.8, 4) is 0 Å². The van der Waals surface area contributed by atoms with Gasteiger partial charge in [-0.25, -0.2) is 0 Å². The van der Waals surface area contributed by atoms with Crippen LogP contribution < -0.4 is 10.6 Å². The molecule has 0 saturated carbocycles. The summed E-state index contributed by atoms with van der Waals surface area (Å²) in [6.45, 7) is 7.70. The smallest absolute Gasteiger partial charge is 0.251 e. The maximum Gasteiger partial charge on any atom is 0.251 e. The number of nitrogens with zero attached hydrogens (tertiary/aromatic N) is 1. The molecule has 0 unspecified atom stereocenters. The van der Waals surface area contributed by atoms with Gasteiger partial charge in [0.1, 0.15) is 5.76 Å². The van der Waals surface area contributed by atoms with Crippen LogP contribution in [-0.4, -0.2) is 23.0 Å². The number of benzene rings is 1. The van der Waals surface area contributed by atoms with Gasteiger partial charge in [-0.1, -0.05) is 12.1 Å². The van der Waals surface area contributed by atoms with Crippen molar-refractivity contribution < 1.29 is 14.1 Å². The van der Waals surface area contributed by atoms with Crippen LogP contribution >= 0.6 is 0 Å². The molecule has 1 aromatic heterocycles. The molecule has 25 heavy (non-hydrogen) atoms. The van der Waals surface area contributed by atoms with E-state index in [-0.39, 0.29) is 17.9 Å². The average Bonchev–Trinajstić information content (AvgIpc) is 2.91. The number of aromatic nitrogens is 1. The molecule has 134 valence electrons. The first-order valence-electron chi connectivity index (χ1n) is 8.53. The van der Waals surface area contributed by atoms with Gasteiger partial charge in [0.15, 0.2) is 0 Å². The maximum absolute atomic E-state index is 12.1. The van der Waals surface area contributed by atoms with E-state index in [2.05, 4.69) is 15.8 Å². The molecule has 0 aliphatic carbocycles. The van der Waals surface area contributed by atoms with E-state index in [4.69, 9.17) is 4.52 Å². The van der Waals surface area contributed by atoms with Crippen molar-refractivity contribution in [1.82, 2.24) is 10.5 Å². The van der Waals surface area contributed by atoms with Crippen LogP contribution in [0.15, 0.2) is 28.8 Å². The Morgan fingerprint density at radius 3 is 2.44 bits per heavy atom. The van der Waals surface area contributed by atoms with Crippen molar-refractivity contribution in [2.75, 3.05) is 5.32 Å². The Kier molecular flexibility index (Phi) is 6.33. The number of anilines is 1. The molecule has 0 aliphatic rings. The molecule has 1 atom stereocenters. The Balaban J connectivity index is 1.88. The summed E-state index contributed by atoms with van der Waals surface area (Å²) in [4.78, 5) is 24.1. The average molecular weight is 343 g/mol. The van der Waals surface area contributed by atoms with Crippen molar-refractivity contribution in [3.05, 3.63) is 46.8 Å². The number of carbonyl (C=O) groups is 2. The fourth-order valence-corrected chi connectivity index (χ4v) is 2.43. The quantitative estimate of drug-likeness (QED) is 0.807. The number of hydrogen-bond donors (Lipinski definition) is 2. The topological polar surface area (TPSA) is 84.2 Å². The third-order valence-corrected chi connectivity index (χ3v) is 4.20. The Labute approximate surface area is 148 Å². The Hall–Kier alpha value is -2.63. The molecule has 0 fully saturated rings. The van der Waals surface area contributed by atoms with E-state index < -0.39 is 0 Å². The third kappa shape index (κ3) is 5.17. The summed E-state index contributed by atoms with van der Waals surface area (Å²) >= 11 is 0. The number of nitrogens with one attached hydrogen (secondary N) is 2. The normalized spacial score (nSPS) is 11.8. The third-order valence-electron chi connectivity index (χ3n) is 4.20. The van der Waals surface area contributed by atoms with Crippen molar-refractivity contribution in [1.29, 1.82) is 0 Å². The van der Waals surface area contributed by atoms with E-state index in [1.807, 2.05) is 27.7 Å². The first-order chi connectivity index (χ1) is 11.9. The molecule has 2 N–H and O–H groups in total. The highest BCUT2D eigenvalue weighted by atomic mass is 16.5. The lowest BCUT2D eigenvalue weighted by molar-refractivity contribution is -0.116. The number of rotatable bonds is 7. The summed E-state index contributed by atoms with van der Waals surface area (Å²) in [6.07, 6.45) is 1.81. The van der Waals surface area contributed by atoms with Crippen LogP contribution in [0.25, 0.3) is 0 Å². The zero-order valence-corrected chi connectivity index (χ0v) is 15.2. The molecule has 6 heteroatoms. The summed E-state index contributed by atoms with van der Waals surface area (Å²) < 4.78 is 5.10. The van der Waals surface area contributed by atoms with Crippen LogP contribution in [0.2, 0.25) is 0 Å². The minimum atomic E-state index is -0.106. The van der Waals surface area contributed by atoms with Gasteiger partial charge in [-0.15, -0.1) is 0 Å². The Morgan fingerprint density at radius 1 is 1.20 bits per heavy atom. The van der Waals surface area contributed by atoms with Gasteiger partial charge in [-0.05, 0) is 57.9 Å². The van der Waals surface area contributed by atoms with Crippen LogP contribution in [-0.2, 0) is 11.2 Å². The van der Waals surface area contributed by atoms with E-state index in [1.165, 1.54) is 0 Å². The van der Waals surface area contributed by atoms with E-state index in [0.29, 0.717) is 24.1 Å². The summed E-state index contributed by atoms with van der Waals surface area (Å²) in [5.41, 5.74) is 3.05. The fraction of sp³-hybridized carbons (Fsp3) is 0.421. The standard InChI is InChI=1S/C19H25N3O3/c1-5-12(2)20-19(24)15-6-8-16(9-7-15)21-18(23)11-10-17-13(3)22-25-14(17)4/h6-9,12H,5,10-11H2,1-4H3,(H,20,24)(H,21,23)/t12-/m0/s1. The summed E-state index contributed by atoms with van der Waals surface area (Å²) in [5, 5.41) is 9.64. The zero-order chi connectivity index (χ0) is 18.4. The Morgan fingerprint density at radius 2 is 1.88 bits per heavy atom. The molecule has 1 heterocycles. The van der Waals surface area contributed by atoms with Crippen LogP contribution in [0.1, 0.15) is 54.1 Å². The summed E-state index contributed by atoms with van der Waals surface area (Å²) in [5.74, 6) is 0.560. The van der Waals surface area contributed by atoms with Gasteiger partial charge >= 0.3 is 0 Å². The van der Waals surface area contributed by atoms with Crippen LogP contribution in [0.5, 0.6) is 0 Å². The summed E-state index contributed by atoms with van der Waals surface area (Å²) in [7, 11) is 0. The van der Waals surface area contributed by atoms with Crippen molar-refractivity contribution in [2.24, 2.45) is 0 Å². The lowest BCUT2D eigenvalue weighted by atomic mass is 10.1. The van der Waals surface area contributed by atoms with E-state index in [0.717, 1.165) is 23.4 Å². The van der Waals surface area contributed by atoms with Crippen molar-refractivity contribution >= 4 is 17.5 Å². The minimum absolute atomic E-state index is 0.0863. The van der Waals surface area contributed by atoms with Gasteiger partial charge in [0.25, 0.3) is 5.91 Å². The molecule has 6 nitrogen and oxygen atoms in total. The maximum atomic E-state index is 12.1. The van der Waals surface area contributed by atoms with Crippen LogP contribution in [0, 0.1) is 13.8 Å². The molecule has 2 rings (SSSR count). The predicted molar refractivity (Wildman–Crippen MR) is 96.6 cm³/mol. The van der Waals surface area contributed by atoms with Crippen molar-refractivity contribution in [3.63, 3.8) is 0 Å². The molecular weight excluding hydrogens is 318 g/mol. The first kappa shape index (κ1) is 18.7. The second-order valence-corrected chi connectivity index (χ2v) is 6.21. The van der Waals surface area contributed by atoms with Crippen molar-refractivity contribution in [2.45, 2.75) is 53.0 Å². The molecule has 0 spiro atoms. The number of hydrogen-bond acceptors (Lipinski definition) is 4. The highest BCUT2D eigenvalue weighted by molar-refractivity contribution is 5.96. The highest BCUT2D eigenvalue weighted by Gasteiger charge is 2.12. The summed E-state index contributed by atoms with van der Waals surface area (Å²) in [6, 6.07) is 7.03. The van der Waals surface area contributed by atoms with Gasteiger partial charge in [-0.2, -0.15) is 0 Å². The monoisotopic (exact) mass is 343 g/mol. The van der Waals surface area contributed by atoms with Gasteiger partial charge < -0.3 is 15.2 Å². The van der Waals surface area contributed by atoms with Gasteiger partial charge in [0.05, 0.1) is 5.69 Å². The molecule has 2 aromatic rings. The van der Waals surface area contributed by atoms with Gasteiger partial charge in [-0.3, -0.25) is 9.59 Å². The van der Waals surface area contributed by atoms with Gasteiger partial charge in [0.2, 0.25) is 5.91 Å². The SMILES string of the molecule is CC[C@H](C)NC(=O)c1ccc(NC(=O)CCc2c(C)noc2C)cc1. The first-order valence-corrected chi connectivity index (χ1v) is 8.53. The molecule has 0 saturated heterocycles. The lowest BCUT2D eigenvalue weighted by Gasteiger charge is -2.11. The van der Waals surface area contributed by atoms with E-state index >= 15 is 0 Å². The zero-order valence-electron chi connectivity index (χ0n) is 15.2. The second-order valence-electron chi connectivity index (χ2n) is 6.21. The largest absolute Gasteiger partial charge is 0.361 e. The fourth-order valence-electron chi connectivity index (χ4n) is 2.43. The van der Waals surface area contributed by atoms with E-state index in [9.17, 15) is 9.59 Å². The molecule has 1 aromatic carbocycles. The molecule has 2 amide bonds. The van der Waals surface area contributed by atoms with Gasteiger partial charge in [0, 0.05) is 29.3 Å². The van der Waals surface area contributed by atoms with Crippen LogP contribution in [0.3, 0.4) is 0 Å². The van der Waals surface area contributed by atoms with E-state index in [1.54, 1.807) is 24.3 Å². The number of carbonyl (C=O) groups excluding carboxylic acids is 2. The lowest BCUT2D eigenvalue weighted by Crippen LogP contribution is -2.31.